The number of amides is 3. The van der Waals surface area contributed by atoms with Crippen LogP contribution in [0.4, 0.5) is 32.0 Å². The van der Waals surface area contributed by atoms with Crippen LogP contribution < -0.4 is 15.5 Å². The first-order valence-electron chi connectivity index (χ1n) is 14.7. The molecular formula is C31H35F6N5O3. The van der Waals surface area contributed by atoms with E-state index >= 15 is 0 Å². The number of para-hydroxylation sites is 1. The summed E-state index contributed by atoms with van der Waals surface area (Å²) < 4.78 is 80.1. The second kappa shape index (κ2) is 14.4. The SMILES string of the molecule is CN1C(=O)C(NC(=O)C(CCC(F)(F)F)C(CCC(F)(F)F)C(=O)NCN2CCCC2)N=C(c2ccccc2)c2ccccc21. The minimum Gasteiger partial charge on any atom is -0.343 e. The molecule has 14 heteroatoms. The number of carbonyl (C=O) groups is 3. The monoisotopic (exact) mass is 639 g/mol. The molecule has 3 unspecified atom stereocenters. The average molecular weight is 640 g/mol. The van der Waals surface area contributed by atoms with Gasteiger partial charge in [0.15, 0.2) is 0 Å². The van der Waals surface area contributed by atoms with Crippen molar-refractivity contribution in [1.29, 1.82) is 0 Å². The molecule has 3 amide bonds. The molecule has 0 aliphatic carbocycles. The Morgan fingerprint density at radius 3 is 2.02 bits per heavy atom. The Hall–Kier alpha value is -3.94. The Balaban J connectivity index is 1.68. The number of aliphatic imine (C=N–C) groups is 1. The fourth-order valence-electron chi connectivity index (χ4n) is 5.61. The van der Waals surface area contributed by atoms with Gasteiger partial charge in [0.05, 0.1) is 18.1 Å². The van der Waals surface area contributed by atoms with Crippen LogP contribution in [0.3, 0.4) is 0 Å². The molecule has 0 spiro atoms. The Labute approximate surface area is 256 Å². The van der Waals surface area contributed by atoms with Gasteiger partial charge in [-0.25, -0.2) is 4.99 Å². The molecule has 8 nitrogen and oxygen atoms in total. The molecule has 1 fully saturated rings. The number of carbonyl (C=O) groups excluding carboxylic acids is 3. The summed E-state index contributed by atoms with van der Waals surface area (Å²) in [6, 6.07) is 15.5. The lowest BCUT2D eigenvalue weighted by Crippen LogP contribution is -2.51. The van der Waals surface area contributed by atoms with Gasteiger partial charge in [-0.05, 0) is 44.8 Å². The zero-order chi connectivity index (χ0) is 32.8. The molecule has 244 valence electrons. The van der Waals surface area contributed by atoms with E-state index in [2.05, 4.69) is 15.6 Å². The molecule has 2 N–H and O–H groups in total. The number of likely N-dealkylation sites (tertiary alicyclic amines) is 1. The van der Waals surface area contributed by atoms with Gasteiger partial charge in [-0.1, -0.05) is 48.5 Å². The maximum Gasteiger partial charge on any atom is 0.389 e. The van der Waals surface area contributed by atoms with E-state index in [1.807, 2.05) is 4.90 Å². The highest BCUT2D eigenvalue weighted by molar-refractivity contribution is 6.20. The first-order chi connectivity index (χ1) is 21.2. The Morgan fingerprint density at radius 1 is 0.867 bits per heavy atom. The lowest BCUT2D eigenvalue weighted by atomic mass is 9.83. The second-order valence-electron chi connectivity index (χ2n) is 11.2. The molecule has 0 aromatic heterocycles. The summed E-state index contributed by atoms with van der Waals surface area (Å²) in [4.78, 5) is 48.2. The molecule has 4 rings (SSSR count). The van der Waals surface area contributed by atoms with Crippen molar-refractivity contribution in [2.24, 2.45) is 16.8 Å². The molecule has 2 aliphatic rings. The first kappa shape index (κ1) is 33.9. The minimum atomic E-state index is -4.75. The van der Waals surface area contributed by atoms with Gasteiger partial charge < -0.3 is 15.5 Å². The lowest BCUT2D eigenvalue weighted by Gasteiger charge is -2.29. The van der Waals surface area contributed by atoms with E-state index < -0.39 is 73.8 Å². The fraction of sp³-hybridized carbons (Fsp3) is 0.484. The van der Waals surface area contributed by atoms with E-state index in [-0.39, 0.29) is 6.67 Å². The topological polar surface area (TPSA) is 94.1 Å². The average Bonchev–Trinajstić information content (AvgIpc) is 3.49. The molecule has 2 aliphatic heterocycles. The highest BCUT2D eigenvalue weighted by atomic mass is 19.4. The molecule has 2 aromatic rings. The quantitative estimate of drug-likeness (QED) is 0.338. The van der Waals surface area contributed by atoms with Gasteiger partial charge in [0.1, 0.15) is 0 Å². The third-order valence-corrected chi connectivity index (χ3v) is 7.98. The number of nitrogens with zero attached hydrogens (tertiary/aromatic N) is 3. The second-order valence-corrected chi connectivity index (χ2v) is 11.2. The largest absolute Gasteiger partial charge is 0.389 e. The zero-order valence-electron chi connectivity index (χ0n) is 24.6. The van der Waals surface area contributed by atoms with Crippen LogP contribution in [0.5, 0.6) is 0 Å². The number of nitrogens with one attached hydrogen (secondary N) is 2. The summed E-state index contributed by atoms with van der Waals surface area (Å²) >= 11 is 0. The Kier molecular flexibility index (Phi) is 10.9. The fourth-order valence-corrected chi connectivity index (χ4v) is 5.61. The molecule has 2 aromatic carbocycles. The van der Waals surface area contributed by atoms with E-state index in [1.165, 1.54) is 11.9 Å². The van der Waals surface area contributed by atoms with Crippen LogP contribution in [0.15, 0.2) is 59.6 Å². The third-order valence-electron chi connectivity index (χ3n) is 7.98. The van der Waals surface area contributed by atoms with Crippen molar-refractivity contribution in [1.82, 2.24) is 15.5 Å². The summed E-state index contributed by atoms with van der Waals surface area (Å²) in [6.07, 6.45) is -14.2. The molecule has 2 heterocycles. The van der Waals surface area contributed by atoms with Crippen molar-refractivity contribution in [2.75, 3.05) is 31.7 Å². The number of rotatable bonds is 11. The molecule has 0 radical (unpaired) electrons. The van der Waals surface area contributed by atoms with Gasteiger partial charge in [0.2, 0.25) is 18.0 Å². The molecule has 0 saturated carbocycles. The Morgan fingerprint density at radius 2 is 1.42 bits per heavy atom. The number of likely N-dealkylation sites (N-methyl/N-ethyl adjacent to an activating group) is 1. The summed E-state index contributed by atoms with van der Waals surface area (Å²) in [5.41, 5.74) is 1.91. The van der Waals surface area contributed by atoms with Crippen LogP contribution >= 0.6 is 0 Å². The highest BCUT2D eigenvalue weighted by Gasteiger charge is 2.41. The molecule has 1 saturated heterocycles. The van der Waals surface area contributed by atoms with Gasteiger partial charge in [-0.2, -0.15) is 26.3 Å². The smallest absolute Gasteiger partial charge is 0.343 e. The van der Waals surface area contributed by atoms with Gasteiger partial charge in [-0.3, -0.25) is 19.3 Å². The summed E-state index contributed by atoms with van der Waals surface area (Å²) in [6.45, 7) is 1.28. The number of hydrogen-bond acceptors (Lipinski definition) is 5. The molecule has 0 bridgehead atoms. The van der Waals surface area contributed by atoms with Crippen LogP contribution in [-0.4, -0.2) is 73.7 Å². The van der Waals surface area contributed by atoms with Crippen molar-refractivity contribution >= 4 is 29.1 Å². The summed E-state index contributed by atoms with van der Waals surface area (Å²) in [7, 11) is 1.45. The van der Waals surface area contributed by atoms with E-state index in [0.29, 0.717) is 35.6 Å². The minimum absolute atomic E-state index is 0.0101. The number of benzene rings is 2. The predicted octanol–water partition coefficient (Wildman–Crippen LogP) is 5.03. The van der Waals surface area contributed by atoms with Crippen LogP contribution in [0, 0.1) is 11.8 Å². The van der Waals surface area contributed by atoms with Crippen molar-refractivity contribution in [2.45, 2.75) is 57.0 Å². The van der Waals surface area contributed by atoms with Crippen molar-refractivity contribution in [3.8, 4) is 0 Å². The maximum absolute atomic E-state index is 13.7. The van der Waals surface area contributed by atoms with Crippen LogP contribution in [0.1, 0.15) is 49.7 Å². The first-order valence-corrected chi connectivity index (χ1v) is 14.7. The predicted molar refractivity (Wildman–Crippen MR) is 155 cm³/mol. The van der Waals surface area contributed by atoms with Crippen molar-refractivity contribution in [3.63, 3.8) is 0 Å². The molecular weight excluding hydrogens is 604 g/mol. The van der Waals surface area contributed by atoms with Crippen LogP contribution in [0.2, 0.25) is 0 Å². The number of anilines is 1. The van der Waals surface area contributed by atoms with E-state index in [1.54, 1.807) is 54.6 Å². The van der Waals surface area contributed by atoms with Gasteiger partial charge in [-0.15, -0.1) is 0 Å². The summed E-state index contributed by atoms with van der Waals surface area (Å²) in [5, 5.41) is 4.90. The number of alkyl halides is 6. The third kappa shape index (κ3) is 9.28. The highest BCUT2D eigenvalue weighted by Crippen LogP contribution is 2.34. The molecule has 45 heavy (non-hydrogen) atoms. The van der Waals surface area contributed by atoms with Crippen molar-refractivity contribution < 1.29 is 40.7 Å². The van der Waals surface area contributed by atoms with Gasteiger partial charge >= 0.3 is 12.4 Å². The number of benzodiazepines with no additional fused rings is 1. The Bertz CT molecular complexity index is 1380. The van der Waals surface area contributed by atoms with Crippen LogP contribution in [-0.2, 0) is 14.4 Å². The lowest BCUT2D eigenvalue weighted by molar-refractivity contribution is -0.153. The number of halogens is 6. The number of hydrogen-bond donors (Lipinski definition) is 2. The van der Waals surface area contributed by atoms with Crippen molar-refractivity contribution in [3.05, 3.63) is 65.7 Å². The summed E-state index contributed by atoms with van der Waals surface area (Å²) in [5.74, 6) is -6.42. The van der Waals surface area contributed by atoms with Gasteiger partial charge in [0.25, 0.3) is 5.91 Å². The van der Waals surface area contributed by atoms with Gasteiger partial charge in [0, 0.05) is 42.9 Å². The zero-order valence-corrected chi connectivity index (χ0v) is 24.6. The van der Waals surface area contributed by atoms with E-state index in [4.69, 9.17) is 0 Å². The van der Waals surface area contributed by atoms with Crippen LogP contribution in [0.25, 0.3) is 0 Å². The normalized spacial score (nSPS) is 18.9. The van der Waals surface area contributed by atoms with E-state index in [9.17, 15) is 40.7 Å². The standard InChI is InChI=1S/C31H35F6N5O3/c1-41-24-12-6-5-11-23(24)25(20-9-3-2-4-10-20)39-26(29(41)45)40-28(44)22(14-16-31(35,36)37)21(13-15-30(32,33)34)27(43)38-19-42-17-7-8-18-42/h2-6,9-12,21-22,26H,7-8,13-19H2,1H3,(H,38,43)(H,40,44). The maximum atomic E-state index is 13.7. The molecule has 3 atom stereocenters. The number of fused-ring (bicyclic) bond motifs is 1. The van der Waals surface area contributed by atoms with E-state index in [0.717, 1.165) is 12.8 Å².